The van der Waals surface area contributed by atoms with Gasteiger partial charge in [0.15, 0.2) is 11.4 Å². The molecule has 2 aromatic heterocycles. The third-order valence-corrected chi connectivity index (χ3v) is 12.5. The normalized spacial score (nSPS) is 11.9. The molecular weight excluding hydrogens is 545 g/mol. The molecule has 0 spiro atoms. The summed E-state index contributed by atoms with van der Waals surface area (Å²) >= 11 is 0. The van der Waals surface area contributed by atoms with Crippen molar-refractivity contribution in [2.45, 2.75) is 32.4 Å². The number of fused-ring (bicyclic) bond motifs is 1. The van der Waals surface area contributed by atoms with Gasteiger partial charge in [-0.05, 0) is 45.2 Å². The Bertz CT molecular complexity index is 1620. The summed E-state index contributed by atoms with van der Waals surface area (Å²) in [5.74, 6) is -1.09. The summed E-state index contributed by atoms with van der Waals surface area (Å²) in [6.07, 6.45) is 3.09. The standard InChI is InChI=1S/C34H34FN3O3Si/c1-34(2,3)42(28-12-6-4-7-13-28,29-14-8-5-9-15-29)41-22-21-38(24-25-16-18-27(35)19-17-25)33(40)31-32(39)30-26(23-37-31)11-10-20-36-30/h4-20,23,39H,21-22,24H2,1-3H3. The van der Waals surface area contributed by atoms with E-state index in [-0.39, 0.29) is 42.0 Å². The van der Waals surface area contributed by atoms with Gasteiger partial charge in [-0.3, -0.25) is 9.78 Å². The Morgan fingerprint density at radius 1 is 0.881 bits per heavy atom. The molecule has 1 N–H and O–H groups in total. The molecule has 0 aliphatic rings. The van der Waals surface area contributed by atoms with Crippen molar-refractivity contribution in [1.82, 2.24) is 14.9 Å². The first-order valence-corrected chi connectivity index (χ1v) is 15.8. The van der Waals surface area contributed by atoms with Gasteiger partial charge >= 0.3 is 0 Å². The van der Waals surface area contributed by atoms with Gasteiger partial charge < -0.3 is 14.4 Å². The average molecular weight is 580 g/mol. The summed E-state index contributed by atoms with van der Waals surface area (Å²) in [4.78, 5) is 24.1. The van der Waals surface area contributed by atoms with E-state index >= 15 is 0 Å². The van der Waals surface area contributed by atoms with Crippen LogP contribution >= 0.6 is 0 Å². The molecule has 1 amide bonds. The number of benzene rings is 3. The zero-order chi connectivity index (χ0) is 29.7. The number of aromatic hydroxyl groups is 1. The van der Waals surface area contributed by atoms with Crippen LogP contribution in [0, 0.1) is 5.82 Å². The number of amides is 1. The van der Waals surface area contributed by atoms with E-state index in [0.29, 0.717) is 10.9 Å². The second-order valence-corrected chi connectivity index (χ2v) is 15.6. The Kier molecular flexibility index (Phi) is 8.47. The number of pyridine rings is 2. The molecule has 0 unspecified atom stereocenters. The van der Waals surface area contributed by atoms with E-state index in [9.17, 15) is 14.3 Å². The predicted molar refractivity (Wildman–Crippen MR) is 166 cm³/mol. The van der Waals surface area contributed by atoms with Crippen LogP contribution in [0.25, 0.3) is 10.9 Å². The average Bonchev–Trinajstić information content (AvgIpc) is 3.00. The molecule has 0 atom stereocenters. The first kappa shape index (κ1) is 29.1. The van der Waals surface area contributed by atoms with E-state index in [1.807, 2.05) is 36.4 Å². The van der Waals surface area contributed by atoms with Crippen molar-refractivity contribution >= 4 is 35.5 Å². The third kappa shape index (κ3) is 5.82. The molecule has 42 heavy (non-hydrogen) atoms. The molecule has 214 valence electrons. The fourth-order valence-corrected chi connectivity index (χ4v) is 10.0. The summed E-state index contributed by atoms with van der Waals surface area (Å²) in [5.41, 5.74) is 0.962. The SMILES string of the molecule is CC(C)(C)[Si](OCCN(Cc1ccc(F)cc1)C(=O)c1ncc2cccnc2c1O)(c1ccccc1)c1ccccc1. The molecule has 3 aromatic carbocycles. The van der Waals surface area contributed by atoms with Crippen molar-refractivity contribution < 1.29 is 18.7 Å². The molecule has 0 radical (unpaired) electrons. The Morgan fingerprint density at radius 2 is 1.50 bits per heavy atom. The van der Waals surface area contributed by atoms with Crippen molar-refractivity contribution in [2.75, 3.05) is 13.2 Å². The topological polar surface area (TPSA) is 75.5 Å². The van der Waals surface area contributed by atoms with Gasteiger partial charge in [-0.25, -0.2) is 9.37 Å². The zero-order valence-electron chi connectivity index (χ0n) is 24.0. The highest BCUT2D eigenvalue weighted by Crippen LogP contribution is 2.36. The van der Waals surface area contributed by atoms with Gasteiger partial charge in [0, 0.05) is 30.9 Å². The Hall–Kier alpha value is -4.40. The predicted octanol–water partition coefficient (Wildman–Crippen LogP) is 5.69. The van der Waals surface area contributed by atoms with E-state index in [0.717, 1.165) is 15.9 Å². The molecule has 6 nitrogen and oxygen atoms in total. The van der Waals surface area contributed by atoms with Crippen LogP contribution in [0.1, 0.15) is 36.8 Å². The van der Waals surface area contributed by atoms with Gasteiger partial charge in [-0.2, -0.15) is 0 Å². The number of halogens is 1. The number of aromatic nitrogens is 2. The summed E-state index contributed by atoms with van der Waals surface area (Å²) in [5, 5.41) is 13.7. The van der Waals surface area contributed by atoms with Crippen LogP contribution in [-0.4, -0.2) is 47.4 Å². The number of rotatable bonds is 9. The second kappa shape index (κ2) is 12.2. The van der Waals surface area contributed by atoms with Gasteiger partial charge in [0.25, 0.3) is 14.2 Å². The molecule has 2 heterocycles. The summed E-state index contributed by atoms with van der Waals surface area (Å²) in [6, 6.07) is 30.1. The number of carbonyl (C=O) groups excluding carboxylic acids is 1. The zero-order valence-corrected chi connectivity index (χ0v) is 25.0. The highest BCUT2D eigenvalue weighted by molar-refractivity contribution is 6.99. The Balaban J connectivity index is 1.50. The number of hydrogen-bond acceptors (Lipinski definition) is 5. The van der Waals surface area contributed by atoms with Gasteiger partial charge in [0.05, 0.1) is 6.61 Å². The van der Waals surface area contributed by atoms with Crippen molar-refractivity contribution in [3.05, 3.63) is 127 Å². The fraction of sp³-hybridized carbons (Fsp3) is 0.206. The van der Waals surface area contributed by atoms with Gasteiger partial charge in [0.1, 0.15) is 11.3 Å². The van der Waals surface area contributed by atoms with E-state index in [1.54, 1.807) is 35.4 Å². The van der Waals surface area contributed by atoms with Crippen LogP contribution in [0.2, 0.25) is 5.04 Å². The summed E-state index contributed by atoms with van der Waals surface area (Å²) < 4.78 is 20.7. The monoisotopic (exact) mass is 579 g/mol. The first-order valence-electron chi connectivity index (χ1n) is 13.9. The van der Waals surface area contributed by atoms with Crippen molar-refractivity contribution in [1.29, 1.82) is 0 Å². The van der Waals surface area contributed by atoms with E-state index < -0.39 is 14.2 Å². The largest absolute Gasteiger partial charge is 0.504 e. The maximum atomic E-state index is 13.9. The van der Waals surface area contributed by atoms with Crippen LogP contribution in [0.5, 0.6) is 5.75 Å². The van der Waals surface area contributed by atoms with Crippen LogP contribution in [-0.2, 0) is 11.0 Å². The van der Waals surface area contributed by atoms with E-state index in [2.05, 4.69) is 55.0 Å². The summed E-state index contributed by atoms with van der Waals surface area (Å²) in [7, 11) is -2.84. The minimum Gasteiger partial charge on any atom is -0.504 e. The molecule has 5 rings (SSSR count). The van der Waals surface area contributed by atoms with E-state index in [1.165, 1.54) is 18.3 Å². The number of hydrogen-bond donors (Lipinski definition) is 1. The maximum absolute atomic E-state index is 13.9. The fourth-order valence-electron chi connectivity index (χ4n) is 5.47. The van der Waals surface area contributed by atoms with Gasteiger partial charge in [-0.15, -0.1) is 0 Å². The Morgan fingerprint density at radius 3 is 2.10 bits per heavy atom. The lowest BCUT2D eigenvalue weighted by molar-refractivity contribution is 0.0704. The molecule has 0 saturated carbocycles. The number of nitrogens with zero attached hydrogens (tertiary/aromatic N) is 3. The van der Waals surface area contributed by atoms with Crippen LogP contribution in [0.15, 0.2) is 109 Å². The smallest absolute Gasteiger partial charge is 0.276 e. The minimum absolute atomic E-state index is 0.0891. The first-order chi connectivity index (χ1) is 20.2. The van der Waals surface area contributed by atoms with Crippen LogP contribution in [0.4, 0.5) is 4.39 Å². The molecule has 0 aliphatic carbocycles. The quantitative estimate of drug-likeness (QED) is 0.227. The molecule has 5 aromatic rings. The van der Waals surface area contributed by atoms with Crippen molar-refractivity contribution in [3.63, 3.8) is 0 Å². The lowest BCUT2D eigenvalue weighted by Crippen LogP contribution is -2.67. The molecule has 0 fully saturated rings. The van der Waals surface area contributed by atoms with Crippen LogP contribution in [0.3, 0.4) is 0 Å². The highest BCUT2D eigenvalue weighted by atomic mass is 28.4. The second-order valence-electron chi connectivity index (χ2n) is 11.3. The minimum atomic E-state index is -2.84. The molecule has 8 heteroatoms. The van der Waals surface area contributed by atoms with E-state index in [4.69, 9.17) is 4.43 Å². The molecule has 0 saturated heterocycles. The van der Waals surface area contributed by atoms with Crippen molar-refractivity contribution in [2.24, 2.45) is 0 Å². The summed E-state index contributed by atoms with van der Waals surface area (Å²) in [6.45, 7) is 7.25. The molecule has 0 aliphatic heterocycles. The number of carbonyl (C=O) groups is 1. The lowest BCUT2D eigenvalue weighted by Gasteiger charge is -2.43. The van der Waals surface area contributed by atoms with Crippen molar-refractivity contribution in [3.8, 4) is 5.75 Å². The van der Waals surface area contributed by atoms with Gasteiger partial charge in [0.2, 0.25) is 0 Å². The maximum Gasteiger partial charge on any atom is 0.276 e. The van der Waals surface area contributed by atoms with Gasteiger partial charge in [-0.1, -0.05) is 93.6 Å². The Labute approximate surface area is 246 Å². The molecule has 0 bridgehead atoms. The van der Waals surface area contributed by atoms with Crippen LogP contribution < -0.4 is 10.4 Å². The third-order valence-electron chi connectivity index (χ3n) is 7.49. The lowest BCUT2D eigenvalue weighted by atomic mass is 10.1. The highest BCUT2D eigenvalue weighted by Gasteiger charge is 2.50. The molecular formula is C34H34FN3O3Si.